The molecule has 0 amide bonds. The summed E-state index contributed by atoms with van der Waals surface area (Å²) in [5.41, 5.74) is 1.21. The van der Waals surface area contributed by atoms with Crippen LogP contribution in [0.15, 0.2) is 10.5 Å². The highest BCUT2D eigenvalue weighted by Gasteiger charge is 2.10. The van der Waals surface area contributed by atoms with Crippen molar-refractivity contribution in [3.05, 3.63) is 34.8 Å². The Labute approximate surface area is 107 Å². The first kappa shape index (κ1) is 12.8. The molecule has 0 saturated heterocycles. The lowest BCUT2D eigenvalue weighted by Crippen LogP contribution is -2.11. The Kier molecular flexibility index (Phi) is 3.81. The Bertz CT molecular complexity index is 527. The van der Waals surface area contributed by atoms with Crippen molar-refractivity contribution in [2.75, 3.05) is 6.54 Å². The SMILES string of the molecule is CCNCc1cc(Cn2nc(C)nc2C)oc1C. The quantitative estimate of drug-likeness (QED) is 0.878. The molecule has 5 nitrogen and oxygen atoms in total. The molecular formula is C13H20N4O. The van der Waals surface area contributed by atoms with E-state index in [0.29, 0.717) is 6.54 Å². The fourth-order valence-electron chi connectivity index (χ4n) is 1.96. The van der Waals surface area contributed by atoms with Crippen LogP contribution in [0.2, 0.25) is 0 Å². The fourth-order valence-corrected chi connectivity index (χ4v) is 1.96. The maximum Gasteiger partial charge on any atom is 0.147 e. The van der Waals surface area contributed by atoms with Crippen LogP contribution in [0, 0.1) is 20.8 Å². The largest absolute Gasteiger partial charge is 0.464 e. The molecule has 0 atom stereocenters. The molecule has 0 aliphatic rings. The van der Waals surface area contributed by atoms with Gasteiger partial charge in [-0.05, 0) is 33.4 Å². The third-order valence-corrected chi connectivity index (χ3v) is 2.91. The zero-order chi connectivity index (χ0) is 13.1. The highest BCUT2D eigenvalue weighted by molar-refractivity contribution is 5.21. The molecular weight excluding hydrogens is 228 g/mol. The van der Waals surface area contributed by atoms with E-state index in [1.807, 2.05) is 25.5 Å². The second-order valence-corrected chi connectivity index (χ2v) is 4.44. The smallest absolute Gasteiger partial charge is 0.147 e. The number of rotatable bonds is 5. The Morgan fingerprint density at radius 1 is 1.33 bits per heavy atom. The average Bonchev–Trinajstić information content (AvgIpc) is 2.80. The van der Waals surface area contributed by atoms with Gasteiger partial charge in [0.05, 0.1) is 0 Å². The van der Waals surface area contributed by atoms with E-state index >= 15 is 0 Å². The maximum absolute atomic E-state index is 5.75. The first-order valence-electron chi connectivity index (χ1n) is 6.27. The van der Waals surface area contributed by atoms with Crippen LogP contribution in [-0.4, -0.2) is 21.3 Å². The van der Waals surface area contributed by atoms with Crippen LogP contribution in [0.25, 0.3) is 0 Å². The normalized spacial score (nSPS) is 11.1. The fraction of sp³-hybridized carbons (Fsp3) is 0.538. The molecule has 18 heavy (non-hydrogen) atoms. The molecule has 0 aromatic carbocycles. The van der Waals surface area contributed by atoms with Gasteiger partial charge < -0.3 is 9.73 Å². The number of nitrogens with zero attached hydrogens (tertiary/aromatic N) is 3. The average molecular weight is 248 g/mol. The van der Waals surface area contributed by atoms with Gasteiger partial charge in [0.15, 0.2) is 0 Å². The van der Waals surface area contributed by atoms with E-state index in [2.05, 4.69) is 28.4 Å². The molecule has 1 N–H and O–H groups in total. The molecule has 98 valence electrons. The minimum atomic E-state index is 0.639. The van der Waals surface area contributed by atoms with Gasteiger partial charge in [-0.25, -0.2) is 9.67 Å². The van der Waals surface area contributed by atoms with Crippen molar-refractivity contribution < 1.29 is 4.42 Å². The van der Waals surface area contributed by atoms with Crippen molar-refractivity contribution in [3.8, 4) is 0 Å². The van der Waals surface area contributed by atoms with Gasteiger partial charge in [-0.1, -0.05) is 6.92 Å². The second-order valence-electron chi connectivity index (χ2n) is 4.44. The molecule has 0 saturated carbocycles. The summed E-state index contributed by atoms with van der Waals surface area (Å²) >= 11 is 0. The molecule has 0 unspecified atom stereocenters. The van der Waals surface area contributed by atoms with Crippen LogP contribution in [0.4, 0.5) is 0 Å². The number of hydrogen-bond acceptors (Lipinski definition) is 4. The summed E-state index contributed by atoms with van der Waals surface area (Å²) in [6.07, 6.45) is 0. The highest BCUT2D eigenvalue weighted by Crippen LogP contribution is 2.15. The highest BCUT2D eigenvalue weighted by atomic mass is 16.3. The Balaban J connectivity index is 2.12. The van der Waals surface area contributed by atoms with Crippen molar-refractivity contribution in [3.63, 3.8) is 0 Å². The molecule has 0 aliphatic heterocycles. The minimum Gasteiger partial charge on any atom is -0.464 e. The minimum absolute atomic E-state index is 0.639. The summed E-state index contributed by atoms with van der Waals surface area (Å²) in [6, 6.07) is 2.09. The topological polar surface area (TPSA) is 55.9 Å². The van der Waals surface area contributed by atoms with Crippen molar-refractivity contribution in [1.29, 1.82) is 0 Å². The first-order chi connectivity index (χ1) is 8.60. The zero-order valence-electron chi connectivity index (χ0n) is 11.4. The Morgan fingerprint density at radius 3 is 2.72 bits per heavy atom. The lowest BCUT2D eigenvalue weighted by molar-refractivity contribution is 0.452. The monoisotopic (exact) mass is 248 g/mol. The van der Waals surface area contributed by atoms with Crippen molar-refractivity contribution in [1.82, 2.24) is 20.1 Å². The number of aromatic nitrogens is 3. The molecule has 2 aromatic rings. The van der Waals surface area contributed by atoms with E-state index in [4.69, 9.17) is 4.42 Å². The summed E-state index contributed by atoms with van der Waals surface area (Å²) in [5, 5.41) is 7.64. The Hall–Kier alpha value is -1.62. The van der Waals surface area contributed by atoms with Crippen LogP contribution in [0.3, 0.4) is 0 Å². The number of furan rings is 1. The van der Waals surface area contributed by atoms with Gasteiger partial charge in [-0.15, -0.1) is 0 Å². The number of nitrogens with one attached hydrogen (secondary N) is 1. The summed E-state index contributed by atoms with van der Waals surface area (Å²) in [6.45, 7) is 10.4. The van der Waals surface area contributed by atoms with Crippen LogP contribution in [0.5, 0.6) is 0 Å². The van der Waals surface area contributed by atoms with Crippen LogP contribution in [-0.2, 0) is 13.1 Å². The standard InChI is InChI=1S/C13H20N4O/c1-5-14-7-12-6-13(18-9(12)2)8-17-11(4)15-10(3)16-17/h6,14H,5,7-8H2,1-4H3. The predicted octanol–water partition coefficient (Wildman–Crippen LogP) is 1.95. The molecule has 0 aliphatic carbocycles. The molecule has 5 heteroatoms. The van der Waals surface area contributed by atoms with Gasteiger partial charge in [-0.2, -0.15) is 5.10 Å². The third-order valence-electron chi connectivity index (χ3n) is 2.91. The van der Waals surface area contributed by atoms with Crippen molar-refractivity contribution in [2.45, 2.75) is 40.8 Å². The summed E-state index contributed by atoms with van der Waals surface area (Å²) in [7, 11) is 0. The zero-order valence-corrected chi connectivity index (χ0v) is 11.4. The summed E-state index contributed by atoms with van der Waals surface area (Å²) in [4.78, 5) is 4.28. The van der Waals surface area contributed by atoms with Gasteiger partial charge >= 0.3 is 0 Å². The van der Waals surface area contributed by atoms with Crippen LogP contribution < -0.4 is 5.32 Å². The number of aryl methyl sites for hydroxylation is 3. The van der Waals surface area contributed by atoms with Gasteiger partial charge in [0, 0.05) is 12.1 Å². The summed E-state index contributed by atoms with van der Waals surface area (Å²) in [5.74, 6) is 3.60. The Morgan fingerprint density at radius 2 is 2.11 bits per heavy atom. The number of hydrogen-bond donors (Lipinski definition) is 1. The molecule has 2 rings (SSSR count). The van der Waals surface area contributed by atoms with E-state index in [0.717, 1.165) is 36.3 Å². The van der Waals surface area contributed by atoms with Gasteiger partial charge in [-0.3, -0.25) is 0 Å². The van der Waals surface area contributed by atoms with E-state index in [-0.39, 0.29) is 0 Å². The van der Waals surface area contributed by atoms with E-state index in [9.17, 15) is 0 Å². The van der Waals surface area contributed by atoms with Crippen molar-refractivity contribution in [2.24, 2.45) is 0 Å². The van der Waals surface area contributed by atoms with Gasteiger partial charge in [0.2, 0.25) is 0 Å². The van der Waals surface area contributed by atoms with Crippen LogP contribution in [0.1, 0.15) is 35.7 Å². The second kappa shape index (κ2) is 5.35. The van der Waals surface area contributed by atoms with E-state index in [1.54, 1.807) is 0 Å². The molecule has 0 radical (unpaired) electrons. The predicted molar refractivity (Wildman–Crippen MR) is 69.4 cm³/mol. The van der Waals surface area contributed by atoms with Crippen molar-refractivity contribution >= 4 is 0 Å². The van der Waals surface area contributed by atoms with E-state index in [1.165, 1.54) is 5.56 Å². The summed E-state index contributed by atoms with van der Waals surface area (Å²) < 4.78 is 7.62. The first-order valence-corrected chi connectivity index (χ1v) is 6.27. The van der Waals surface area contributed by atoms with Crippen LogP contribution >= 0.6 is 0 Å². The van der Waals surface area contributed by atoms with E-state index < -0.39 is 0 Å². The molecule has 2 heterocycles. The molecule has 2 aromatic heterocycles. The van der Waals surface area contributed by atoms with Gasteiger partial charge in [0.1, 0.15) is 29.7 Å². The lowest BCUT2D eigenvalue weighted by atomic mass is 10.2. The molecule has 0 fully saturated rings. The van der Waals surface area contributed by atoms with Gasteiger partial charge in [0.25, 0.3) is 0 Å². The maximum atomic E-state index is 5.75. The lowest BCUT2D eigenvalue weighted by Gasteiger charge is -1.98. The third kappa shape index (κ3) is 2.79. The molecule has 0 bridgehead atoms. The molecule has 0 spiro atoms.